The molecule has 0 radical (unpaired) electrons. The van der Waals surface area contributed by atoms with Gasteiger partial charge in [0.2, 0.25) is 12.2 Å². The van der Waals surface area contributed by atoms with Gasteiger partial charge in [0.25, 0.3) is 5.91 Å². The number of nitrogens with one attached hydrogen (secondary N) is 2. The Hall–Kier alpha value is -7.76. The van der Waals surface area contributed by atoms with Gasteiger partial charge in [0.15, 0.2) is 22.6 Å². The molecule has 6 aliphatic rings. The van der Waals surface area contributed by atoms with Gasteiger partial charge in [0.1, 0.15) is 36.5 Å². The molecule has 4 aromatic heterocycles. The number of fused-ring (bicyclic) bond motifs is 2. The number of ether oxygens (including phenoxy) is 4. The molecule has 2 unspecified atom stereocenters. The van der Waals surface area contributed by atoms with Crippen molar-refractivity contribution in [3.63, 3.8) is 0 Å². The summed E-state index contributed by atoms with van der Waals surface area (Å²) in [6.07, 6.45) is 1.36. The largest absolute Gasteiger partial charge is 0.479 e. The van der Waals surface area contributed by atoms with Crippen LogP contribution in [0.5, 0.6) is 5.75 Å². The first-order chi connectivity index (χ1) is 43.7. The van der Waals surface area contributed by atoms with Gasteiger partial charge in [0.05, 0.1) is 35.0 Å². The lowest BCUT2D eigenvalue weighted by atomic mass is 9.39. The molecule has 92 heavy (non-hydrogen) atoms. The number of rotatable bonds is 24. The van der Waals surface area contributed by atoms with Gasteiger partial charge in [0, 0.05) is 74.3 Å². The van der Waals surface area contributed by atoms with Gasteiger partial charge in [-0.05, 0) is 140 Å². The third kappa shape index (κ3) is 14.4. The first-order valence-corrected chi connectivity index (χ1v) is 33.0. The highest BCUT2D eigenvalue weighted by molar-refractivity contribution is 7.51. The van der Waals surface area contributed by atoms with E-state index in [0.29, 0.717) is 71.3 Å². The zero-order chi connectivity index (χ0) is 65.5. The fourth-order valence-corrected chi connectivity index (χ4v) is 16.7. The molecular weight excluding hydrogens is 1230 g/mol. The number of hydrogen-bond acceptors (Lipinski definition) is 20. The number of carbonyl (C=O) groups excluding carboxylic acids is 3. The van der Waals surface area contributed by atoms with Crippen molar-refractivity contribution in [1.29, 1.82) is 0 Å². The average Bonchev–Trinajstić information content (AvgIpc) is 0.714. The van der Waals surface area contributed by atoms with Gasteiger partial charge < -0.3 is 75.1 Å². The zero-order valence-electron chi connectivity index (χ0n) is 51.0. The summed E-state index contributed by atoms with van der Waals surface area (Å²) in [6.45, 7) is 7.84. The molecular formula is C63H75N10O17PS. The van der Waals surface area contributed by atoms with Crippen molar-refractivity contribution in [2.24, 2.45) is 22.0 Å². The summed E-state index contributed by atoms with van der Waals surface area (Å²) in [4.78, 5) is 101. The van der Waals surface area contributed by atoms with E-state index in [4.69, 9.17) is 34.8 Å². The van der Waals surface area contributed by atoms with E-state index in [9.17, 15) is 63.9 Å². The smallest absolute Gasteiger partial charge is 0.410 e. The normalized spacial score (nSPS) is 25.8. The molecule has 3 amide bonds. The zero-order valence-corrected chi connectivity index (χ0v) is 52.7. The summed E-state index contributed by atoms with van der Waals surface area (Å²) >= 11 is 1.34. The summed E-state index contributed by atoms with van der Waals surface area (Å²) in [5.41, 5.74) is 9.67. The Morgan fingerprint density at radius 1 is 0.913 bits per heavy atom. The van der Waals surface area contributed by atoms with Crippen LogP contribution in [0.2, 0.25) is 0 Å². The number of thiazole rings is 1. The Morgan fingerprint density at radius 2 is 1.70 bits per heavy atom. The molecule has 4 bridgehead atoms. The first kappa shape index (κ1) is 65.7. The maximum atomic E-state index is 13.8. The third-order valence-corrected chi connectivity index (χ3v) is 19.9. The number of hydrogen-bond donors (Lipinski definition) is 10. The van der Waals surface area contributed by atoms with Gasteiger partial charge in [-0.2, -0.15) is 10.1 Å². The van der Waals surface area contributed by atoms with Crippen LogP contribution in [-0.2, 0) is 47.9 Å². The van der Waals surface area contributed by atoms with E-state index >= 15 is 0 Å². The average molecular weight is 1310 g/mol. The molecule has 5 fully saturated rings. The number of benzene rings is 2. The number of aromatic carboxylic acids is 1. The van der Waals surface area contributed by atoms with Crippen LogP contribution in [0.15, 0.2) is 79.1 Å². The van der Waals surface area contributed by atoms with E-state index in [1.807, 2.05) is 46.8 Å². The number of nitrogens with zero attached hydrogens (tertiary/aromatic N) is 7. The molecule has 1 saturated heterocycles. The SMILES string of the molecule is Cc1c(-c2ccc(N3CCc4cccc(C(=O)Nc5nc6ncccc6s5)c4C3)nc2C(=O)O)cnn1CC12CC3(C)CC(C)(C1)CC(OCCN(CCCP(=O)(O)O)C(=O)OCC=Cc1ccc(O[C@@H]4O[C@H](C(=O)O)[C@@H](O)[C@H](O)[C@H]4O)c(NC(=O)CCN)c1)(C3)C2. The molecule has 6 heterocycles. The van der Waals surface area contributed by atoms with Crippen LogP contribution in [0.3, 0.4) is 0 Å². The Labute approximate surface area is 532 Å². The minimum Gasteiger partial charge on any atom is -0.479 e. The van der Waals surface area contributed by atoms with Crippen molar-refractivity contribution in [1.82, 2.24) is 29.6 Å². The van der Waals surface area contributed by atoms with Crippen LogP contribution in [-0.4, -0.2) is 177 Å². The lowest BCUT2D eigenvalue weighted by Crippen LogP contribution is -2.64. The number of amides is 3. The number of pyridine rings is 2. The van der Waals surface area contributed by atoms with Crippen LogP contribution in [0.25, 0.3) is 27.6 Å². The molecule has 12 rings (SSSR count). The predicted octanol–water partition coefficient (Wildman–Crippen LogP) is 6.19. The van der Waals surface area contributed by atoms with Gasteiger partial charge in [-0.3, -0.25) is 24.2 Å². The topological polar surface area (TPSA) is 394 Å². The van der Waals surface area contributed by atoms with E-state index in [-0.39, 0.29) is 85.0 Å². The van der Waals surface area contributed by atoms with Gasteiger partial charge in [-0.25, -0.2) is 24.4 Å². The Balaban J connectivity index is 0.748. The van der Waals surface area contributed by atoms with E-state index < -0.39 is 74.0 Å². The van der Waals surface area contributed by atoms with Crippen molar-refractivity contribution in [2.75, 3.05) is 61.1 Å². The number of nitrogens with two attached hydrogens (primary N) is 1. The Morgan fingerprint density at radius 3 is 2.42 bits per heavy atom. The van der Waals surface area contributed by atoms with E-state index in [2.05, 4.69) is 34.4 Å². The summed E-state index contributed by atoms with van der Waals surface area (Å²) in [6, 6.07) is 17.3. The second kappa shape index (κ2) is 26.3. The van der Waals surface area contributed by atoms with Gasteiger partial charge >= 0.3 is 25.6 Å². The predicted molar refractivity (Wildman–Crippen MR) is 336 cm³/mol. The molecule has 7 atom stereocenters. The standard InChI is InChI=1S/C63H75N10O17PS/c1-36-41(39-13-15-46(68-48(39)55(79)80)72-21-17-38-9-4-10-40(42(38)28-72)54(78)70-58-69-53-45(92-58)11-5-19-65-53)27-66-73(36)35-62-30-60(2)29-61(3,31-62)33-63(32-60,34-62)88-24-22-71(20-7-25-91(84,85)86)59(83)87-23-6-8-37-12-14-44(43(26-37)67-47(74)16-18-64)89-57-51(77)49(75)50(76)52(90-57)56(81)82/h4-6,8-15,19,26-27,49-52,57,75-77H,7,16-18,20-25,28-35,64H2,1-3H3,(H,67,74)(H,79,80)(H,81,82)(H2,84,85,86)(H,65,69,70,78)/t49-,50-,51+,52-,57+,60?,61?,62?,63?/m0/s1. The molecule has 29 heteroatoms. The lowest BCUT2D eigenvalue weighted by Gasteiger charge is -2.69. The van der Waals surface area contributed by atoms with Crippen molar-refractivity contribution in [2.45, 2.75) is 128 Å². The van der Waals surface area contributed by atoms with Crippen molar-refractivity contribution in [3.8, 4) is 16.9 Å². The molecule has 4 aliphatic carbocycles. The number of carbonyl (C=O) groups is 5. The van der Waals surface area contributed by atoms with Crippen LogP contribution in [0.4, 0.5) is 21.4 Å². The van der Waals surface area contributed by atoms with E-state index in [1.54, 1.807) is 30.6 Å². The second-order valence-corrected chi connectivity index (χ2v) is 28.5. The highest BCUT2D eigenvalue weighted by Crippen LogP contribution is 2.72. The number of carboxylic acids is 2. The molecule has 0 spiro atoms. The highest BCUT2D eigenvalue weighted by atomic mass is 32.1. The monoisotopic (exact) mass is 1310 g/mol. The maximum Gasteiger partial charge on any atom is 0.410 e. The highest BCUT2D eigenvalue weighted by Gasteiger charge is 2.66. The summed E-state index contributed by atoms with van der Waals surface area (Å²) in [7, 11) is -4.41. The lowest BCUT2D eigenvalue weighted by molar-refractivity contribution is -0.271. The molecule has 11 N–H and O–H groups in total. The number of aliphatic carboxylic acids is 1. The molecule has 2 aliphatic heterocycles. The minimum atomic E-state index is -4.41. The van der Waals surface area contributed by atoms with Crippen LogP contribution in [0.1, 0.15) is 108 Å². The van der Waals surface area contributed by atoms with Crippen LogP contribution in [0, 0.1) is 23.2 Å². The number of aromatic nitrogens is 5. The summed E-state index contributed by atoms with van der Waals surface area (Å²) in [5.74, 6) is -3.25. The molecule has 27 nitrogen and oxygen atoms in total. The number of carboxylic acid groups (broad SMARTS) is 2. The summed E-state index contributed by atoms with van der Waals surface area (Å²) in [5, 5.41) is 62.2. The number of aliphatic hydroxyl groups excluding tert-OH is 3. The van der Waals surface area contributed by atoms with Gasteiger partial charge in [-0.1, -0.05) is 49.5 Å². The second-order valence-electron chi connectivity index (χ2n) is 25.7. The van der Waals surface area contributed by atoms with E-state index in [1.165, 1.54) is 40.5 Å². The maximum absolute atomic E-state index is 13.8. The third-order valence-electron chi connectivity index (χ3n) is 18.1. The van der Waals surface area contributed by atoms with Crippen molar-refractivity contribution >= 4 is 81.8 Å². The first-order valence-electron chi connectivity index (χ1n) is 30.4. The molecule has 6 aromatic rings. The van der Waals surface area contributed by atoms with Crippen LogP contribution < -0.4 is 26.0 Å². The van der Waals surface area contributed by atoms with Crippen LogP contribution >= 0.6 is 18.9 Å². The Kier molecular flexibility index (Phi) is 18.8. The minimum absolute atomic E-state index is 0.00826. The van der Waals surface area contributed by atoms with Crippen molar-refractivity contribution in [3.05, 3.63) is 113 Å². The fourth-order valence-electron chi connectivity index (χ4n) is 15.3. The molecule has 2 aromatic carbocycles. The van der Waals surface area contributed by atoms with E-state index in [0.717, 1.165) is 53.6 Å². The fraction of sp³-hybridized carbons (Fsp3) is 0.476. The number of aliphatic hydroxyl groups is 3. The Bertz CT molecular complexity index is 3840. The van der Waals surface area contributed by atoms with Gasteiger partial charge in [-0.15, -0.1) is 0 Å². The van der Waals surface area contributed by atoms with Crippen molar-refractivity contribution < 1.29 is 82.8 Å². The molecule has 4 saturated carbocycles. The molecule has 490 valence electrons. The summed E-state index contributed by atoms with van der Waals surface area (Å²) < 4.78 is 38.4. The number of anilines is 3. The quantitative estimate of drug-likeness (QED) is 0.0302.